The van der Waals surface area contributed by atoms with Gasteiger partial charge in [-0.15, -0.1) is 6.42 Å². The Kier molecular flexibility index (Phi) is 9.59. The van der Waals surface area contributed by atoms with Crippen molar-refractivity contribution < 1.29 is 0 Å². The Morgan fingerprint density at radius 2 is 1.89 bits per heavy atom. The largest absolute Gasteiger partial charge is 0.384 e. The summed E-state index contributed by atoms with van der Waals surface area (Å²) in [6.45, 7) is 28.5. The quantitative estimate of drug-likeness (QED) is 0.198. The van der Waals surface area contributed by atoms with E-state index in [1.54, 1.807) is 0 Å². The van der Waals surface area contributed by atoms with Crippen LogP contribution >= 0.6 is 0 Å². The number of terminal acetylenes is 1. The first kappa shape index (κ1) is 28.8. The van der Waals surface area contributed by atoms with E-state index in [1.165, 1.54) is 28.0 Å². The van der Waals surface area contributed by atoms with Crippen LogP contribution in [0, 0.1) is 17.8 Å². The Labute approximate surface area is 219 Å². The van der Waals surface area contributed by atoms with Crippen LogP contribution in [-0.4, -0.2) is 36.8 Å². The van der Waals surface area contributed by atoms with E-state index in [2.05, 4.69) is 93.2 Å². The second-order valence-electron chi connectivity index (χ2n) is 10.4. The van der Waals surface area contributed by atoms with Gasteiger partial charge in [-0.3, -0.25) is 0 Å². The molecule has 4 nitrogen and oxygen atoms in total. The number of aliphatic imine (C=N–C) groups is 1. The Morgan fingerprint density at radius 3 is 2.44 bits per heavy atom. The van der Waals surface area contributed by atoms with Crippen molar-refractivity contribution in [2.75, 3.05) is 20.1 Å². The minimum Gasteiger partial charge on any atom is -0.384 e. The Bertz CT molecular complexity index is 1150. The average molecular weight is 485 g/mol. The predicted molar refractivity (Wildman–Crippen MR) is 157 cm³/mol. The van der Waals surface area contributed by atoms with Gasteiger partial charge in [0, 0.05) is 48.6 Å². The zero-order valence-corrected chi connectivity index (χ0v) is 23.6. The second kappa shape index (κ2) is 12.0. The molecule has 0 saturated heterocycles. The maximum Gasteiger partial charge on any atom is 0.140 e. The first-order chi connectivity index (χ1) is 16.8. The van der Waals surface area contributed by atoms with Gasteiger partial charge >= 0.3 is 0 Å². The second-order valence-corrected chi connectivity index (χ2v) is 10.4. The summed E-state index contributed by atoms with van der Waals surface area (Å²) >= 11 is 0. The molecule has 2 aliphatic rings. The third-order valence-corrected chi connectivity index (χ3v) is 7.32. The Hall–Kier alpha value is -3.45. The first-order valence-corrected chi connectivity index (χ1v) is 12.5. The van der Waals surface area contributed by atoms with E-state index in [0.717, 1.165) is 41.3 Å². The molecule has 0 fully saturated rings. The lowest BCUT2D eigenvalue weighted by atomic mass is 9.72. The maximum absolute atomic E-state index is 5.72. The van der Waals surface area contributed by atoms with Crippen LogP contribution in [-0.2, 0) is 0 Å². The first-order valence-electron chi connectivity index (χ1n) is 12.5. The van der Waals surface area contributed by atoms with E-state index in [0.29, 0.717) is 6.54 Å². The van der Waals surface area contributed by atoms with Crippen LogP contribution in [0.1, 0.15) is 54.9 Å². The standard InChI is InChI=1S/C32H44N4/c1-13-22(4)31(36(12)27(9)21(2)3)35-26(8)25(7)33-19-28-16-14-15-23(5)29(18-28)20-34-30-17-24(6)32(30,10)11/h1,14-15,17-18,27,33-34H,2,6-7,16,19-20H2,3-5,8-12H3/b31-22-,35-26+. The number of nitrogens with one attached hydrogen (secondary N) is 2. The Balaban J connectivity index is 2.11. The van der Waals surface area contributed by atoms with E-state index in [-0.39, 0.29) is 11.5 Å². The SMILES string of the molecule is C#C/C(C)=C(/N=C(\C)C(=C)NCC1=CC(CNC2=CC(=C)C2(C)C)=C(C)C=CC1)N(C)C(C)C(=C)C. The lowest BCUT2D eigenvalue weighted by Crippen LogP contribution is -2.35. The van der Waals surface area contributed by atoms with Gasteiger partial charge < -0.3 is 15.5 Å². The molecule has 2 N–H and O–H groups in total. The van der Waals surface area contributed by atoms with E-state index in [1.807, 2.05) is 27.8 Å². The van der Waals surface area contributed by atoms with Crippen LogP contribution in [0.2, 0.25) is 0 Å². The molecular weight excluding hydrogens is 440 g/mol. The maximum atomic E-state index is 5.72. The smallest absolute Gasteiger partial charge is 0.140 e. The Morgan fingerprint density at radius 1 is 1.22 bits per heavy atom. The van der Waals surface area contributed by atoms with Gasteiger partial charge in [-0.1, -0.05) is 63.3 Å². The van der Waals surface area contributed by atoms with Crippen molar-refractivity contribution in [3.8, 4) is 12.3 Å². The van der Waals surface area contributed by atoms with Gasteiger partial charge in [-0.25, -0.2) is 4.99 Å². The number of hydrogen-bond acceptors (Lipinski definition) is 4. The normalized spacial score (nSPS) is 18.6. The molecule has 0 saturated carbocycles. The minimum absolute atomic E-state index is 0.0268. The van der Waals surface area contributed by atoms with Crippen molar-refractivity contribution in [2.24, 2.45) is 10.4 Å². The van der Waals surface area contributed by atoms with Gasteiger partial charge in [-0.2, -0.15) is 0 Å². The predicted octanol–water partition coefficient (Wildman–Crippen LogP) is 6.58. The summed E-state index contributed by atoms with van der Waals surface area (Å²) in [5.41, 5.74) is 9.71. The van der Waals surface area contributed by atoms with Crippen LogP contribution in [0.3, 0.4) is 0 Å². The van der Waals surface area contributed by atoms with Crippen molar-refractivity contribution in [1.29, 1.82) is 0 Å². The number of rotatable bonds is 11. The summed E-state index contributed by atoms with van der Waals surface area (Å²) in [4.78, 5) is 6.92. The highest BCUT2D eigenvalue weighted by atomic mass is 15.2. The molecule has 1 unspecified atom stereocenters. The highest BCUT2D eigenvalue weighted by Crippen LogP contribution is 2.42. The minimum atomic E-state index is 0.0268. The fourth-order valence-electron chi connectivity index (χ4n) is 3.90. The molecule has 0 amide bonds. The molecule has 0 aliphatic heterocycles. The van der Waals surface area contributed by atoms with Crippen molar-refractivity contribution in [3.05, 3.63) is 94.7 Å². The molecule has 2 rings (SSSR count). The molecule has 0 radical (unpaired) electrons. The zero-order valence-electron chi connectivity index (χ0n) is 23.6. The summed E-state index contributed by atoms with van der Waals surface area (Å²) in [6, 6.07) is 0.116. The van der Waals surface area contributed by atoms with Crippen LogP contribution in [0.4, 0.5) is 0 Å². The van der Waals surface area contributed by atoms with Crippen LogP contribution in [0.15, 0.2) is 99.7 Å². The van der Waals surface area contributed by atoms with E-state index in [9.17, 15) is 0 Å². The van der Waals surface area contributed by atoms with Gasteiger partial charge in [-0.05, 0) is 69.4 Å². The summed E-state index contributed by atoms with van der Waals surface area (Å²) < 4.78 is 0. The third kappa shape index (κ3) is 6.82. The van der Waals surface area contributed by atoms with Gasteiger partial charge in [0.05, 0.1) is 5.71 Å². The van der Waals surface area contributed by atoms with E-state index < -0.39 is 0 Å². The summed E-state index contributed by atoms with van der Waals surface area (Å²) in [5, 5.41) is 7.08. The average Bonchev–Trinajstić information content (AvgIpc) is 3.02. The van der Waals surface area contributed by atoms with Gasteiger partial charge in [0.15, 0.2) is 0 Å². The summed E-state index contributed by atoms with van der Waals surface area (Å²) in [5.74, 6) is 3.49. The van der Waals surface area contributed by atoms with E-state index >= 15 is 0 Å². The topological polar surface area (TPSA) is 39.7 Å². The number of hydrogen-bond donors (Lipinski definition) is 2. The van der Waals surface area contributed by atoms with E-state index in [4.69, 9.17) is 11.4 Å². The molecule has 192 valence electrons. The lowest BCUT2D eigenvalue weighted by Gasteiger charge is -2.38. The van der Waals surface area contributed by atoms with Crippen LogP contribution in [0.5, 0.6) is 0 Å². The van der Waals surface area contributed by atoms with Crippen LogP contribution in [0.25, 0.3) is 0 Å². The number of nitrogens with zero attached hydrogens (tertiary/aromatic N) is 2. The summed E-state index contributed by atoms with van der Waals surface area (Å²) in [6.07, 6.45) is 15.5. The van der Waals surface area contributed by atoms with Gasteiger partial charge in [0.25, 0.3) is 0 Å². The molecule has 0 spiro atoms. The third-order valence-electron chi connectivity index (χ3n) is 7.32. The number of allylic oxidation sites excluding steroid dienone is 7. The number of likely N-dealkylation sites (N-methyl/N-ethyl adjacent to an activating group) is 1. The van der Waals surface area contributed by atoms with Crippen molar-refractivity contribution in [2.45, 2.75) is 60.9 Å². The fourth-order valence-corrected chi connectivity index (χ4v) is 3.90. The molecule has 36 heavy (non-hydrogen) atoms. The highest BCUT2D eigenvalue weighted by molar-refractivity contribution is 5.97. The lowest BCUT2D eigenvalue weighted by molar-refractivity contribution is 0.354. The van der Waals surface area contributed by atoms with Crippen molar-refractivity contribution in [3.63, 3.8) is 0 Å². The van der Waals surface area contributed by atoms with Crippen molar-refractivity contribution >= 4 is 5.71 Å². The molecule has 0 aromatic carbocycles. The van der Waals surface area contributed by atoms with Crippen molar-refractivity contribution in [1.82, 2.24) is 15.5 Å². The fraction of sp³-hybridized carbons (Fsp3) is 0.406. The summed E-state index contributed by atoms with van der Waals surface area (Å²) in [7, 11) is 1.99. The highest BCUT2D eigenvalue weighted by Gasteiger charge is 2.33. The molecule has 0 aromatic heterocycles. The molecule has 1 atom stereocenters. The molecule has 0 bridgehead atoms. The monoisotopic (exact) mass is 484 g/mol. The molecular formula is C32H44N4. The zero-order chi connectivity index (χ0) is 27.2. The van der Waals surface area contributed by atoms with Gasteiger partial charge in [0.1, 0.15) is 5.82 Å². The molecule has 0 heterocycles. The molecule has 4 heteroatoms. The van der Waals surface area contributed by atoms with Crippen LogP contribution < -0.4 is 10.6 Å². The molecule has 0 aromatic rings. The molecule has 2 aliphatic carbocycles. The van der Waals surface area contributed by atoms with Gasteiger partial charge in [0.2, 0.25) is 0 Å².